The number of nitrogens with one attached hydrogen (secondary N) is 1. The summed E-state index contributed by atoms with van der Waals surface area (Å²) < 4.78 is 4.75. The van der Waals surface area contributed by atoms with Gasteiger partial charge >= 0.3 is 5.97 Å². The summed E-state index contributed by atoms with van der Waals surface area (Å²) in [4.78, 5) is 22.7. The van der Waals surface area contributed by atoms with Crippen molar-refractivity contribution < 1.29 is 14.3 Å². The second kappa shape index (κ2) is 8.11. The van der Waals surface area contributed by atoms with Crippen LogP contribution in [0.25, 0.3) is 0 Å². The highest BCUT2D eigenvalue weighted by Crippen LogP contribution is 2.13. The first-order valence-corrected chi connectivity index (χ1v) is 6.01. The van der Waals surface area contributed by atoms with Gasteiger partial charge in [-0.3, -0.25) is 4.79 Å². The van der Waals surface area contributed by atoms with Gasteiger partial charge in [0.2, 0.25) is 0 Å². The second-order valence-corrected chi connectivity index (χ2v) is 3.98. The third-order valence-corrected chi connectivity index (χ3v) is 2.26. The van der Waals surface area contributed by atoms with Gasteiger partial charge in [-0.15, -0.1) is 0 Å². The lowest BCUT2D eigenvalue weighted by Gasteiger charge is -2.05. The minimum absolute atomic E-state index is 0.332. The van der Waals surface area contributed by atoms with Crippen molar-refractivity contribution in [2.75, 3.05) is 11.9 Å². The number of anilines is 1. The number of esters is 1. The normalized spacial score (nSPS) is 10.8. The van der Waals surface area contributed by atoms with E-state index in [2.05, 4.69) is 5.32 Å². The Morgan fingerprint density at radius 1 is 1.26 bits per heavy atom. The Labute approximate surface area is 116 Å². The van der Waals surface area contributed by atoms with Crippen LogP contribution in [-0.2, 0) is 14.3 Å². The molecule has 0 unspecified atom stereocenters. The molecule has 0 fully saturated rings. The average Bonchev–Trinajstić information content (AvgIpc) is 2.39. The molecule has 0 aliphatic rings. The van der Waals surface area contributed by atoms with E-state index in [0.29, 0.717) is 10.7 Å². The lowest BCUT2D eigenvalue weighted by Crippen LogP contribution is -2.20. The van der Waals surface area contributed by atoms with Gasteiger partial charge in [0.1, 0.15) is 0 Å². The summed E-state index contributed by atoms with van der Waals surface area (Å²) in [6.07, 6.45) is 6.25. The third kappa shape index (κ3) is 6.43. The van der Waals surface area contributed by atoms with Gasteiger partial charge in [-0.2, -0.15) is 0 Å². The minimum Gasteiger partial charge on any atom is -0.452 e. The molecule has 0 spiro atoms. The molecule has 0 aromatic heterocycles. The zero-order valence-corrected chi connectivity index (χ0v) is 11.2. The fraction of sp³-hybridized carbons (Fsp3) is 0.143. The van der Waals surface area contributed by atoms with Gasteiger partial charge in [0.25, 0.3) is 5.91 Å². The number of hydrogen-bond acceptors (Lipinski definition) is 3. The van der Waals surface area contributed by atoms with Crippen molar-refractivity contribution >= 4 is 29.2 Å². The van der Waals surface area contributed by atoms with Crippen molar-refractivity contribution in [2.45, 2.75) is 6.92 Å². The van der Waals surface area contributed by atoms with Crippen LogP contribution in [0, 0.1) is 0 Å². The molecular weight excluding hydrogens is 266 g/mol. The van der Waals surface area contributed by atoms with Crippen LogP contribution in [0.2, 0.25) is 5.02 Å². The molecule has 0 atom stereocenters. The first-order chi connectivity index (χ1) is 9.11. The number of hydrogen-bond donors (Lipinski definition) is 1. The predicted molar refractivity (Wildman–Crippen MR) is 75.0 cm³/mol. The summed E-state index contributed by atoms with van der Waals surface area (Å²) in [6, 6.07) is 6.63. The Kier molecular flexibility index (Phi) is 6.39. The molecule has 0 radical (unpaired) electrons. The molecule has 0 aliphatic carbocycles. The molecule has 0 saturated heterocycles. The average molecular weight is 280 g/mol. The van der Waals surface area contributed by atoms with Gasteiger partial charge in [0.05, 0.1) is 0 Å². The Balaban J connectivity index is 2.35. The number of allylic oxidation sites excluding steroid dienone is 3. The zero-order chi connectivity index (χ0) is 14.1. The summed E-state index contributed by atoms with van der Waals surface area (Å²) in [5.41, 5.74) is 0.593. The number of amides is 1. The standard InChI is InChI=1S/C14H14ClNO3/c1-2-3-4-5-14(18)19-10-13(17)16-12-8-6-11(15)7-9-12/h2-9H,10H2,1H3,(H,16,17). The molecule has 100 valence electrons. The highest BCUT2D eigenvalue weighted by Gasteiger charge is 2.05. The molecule has 1 N–H and O–H groups in total. The Morgan fingerprint density at radius 2 is 1.95 bits per heavy atom. The number of ether oxygens (including phenoxy) is 1. The molecule has 1 amide bonds. The van der Waals surface area contributed by atoms with Crippen molar-refractivity contribution in [3.05, 3.63) is 53.6 Å². The van der Waals surface area contributed by atoms with Gasteiger partial charge in [-0.05, 0) is 31.2 Å². The first kappa shape index (κ1) is 15.0. The van der Waals surface area contributed by atoms with Crippen molar-refractivity contribution in [3.8, 4) is 0 Å². The van der Waals surface area contributed by atoms with E-state index in [1.165, 1.54) is 6.08 Å². The Morgan fingerprint density at radius 3 is 2.58 bits per heavy atom. The number of benzene rings is 1. The largest absolute Gasteiger partial charge is 0.452 e. The Bertz CT molecular complexity index is 492. The van der Waals surface area contributed by atoms with Crippen LogP contribution in [0.1, 0.15) is 6.92 Å². The van der Waals surface area contributed by atoms with Crippen LogP contribution < -0.4 is 5.32 Å². The van der Waals surface area contributed by atoms with E-state index < -0.39 is 11.9 Å². The van der Waals surface area contributed by atoms with Gasteiger partial charge in [-0.25, -0.2) is 4.79 Å². The molecule has 0 heterocycles. The maximum atomic E-state index is 11.5. The van der Waals surface area contributed by atoms with Gasteiger partial charge in [0, 0.05) is 16.8 Å². The van der Waals surface area contributed by atoms with E-state index in [9.17, 15) is 9.59 Å². The van der Waals surface area contributed by atoms with E-state index in [-0.39, 0.29) is 6.61 Å². The summed E-state index contributed by atoms with van der Waals surface area (Å²) in [5.74, 6) is -0.973. The number of rotatable bonds is 5. The fourth-order valence-electron chi connectivity index (χ4n) is 1.16. The topological polar surface area (TPSA) is 55.4 Å². The van der Waals surface area contributed by atoms with Crippen LogP contribution in [0.3, 0.4) is 0 Å². The summed E-state index contributed by atoms with van der Waals surface area (Å²) in [7, 11) is 0. The van der Waals surface area contributed by atoms with Crippen molar-refractivity contribution in [1.82, 2.24) is 0 Å². The zero-order valence-electron chi connectivity index (χ0n) is 10.4. The van der Waals surface area contributed by atoms with E-state index in [4.69, 9.17) is 16.3 Å². The molecule has 19 heavy (non-hydrogen) atoms. The molecule has 0 bridgehead atoms. The molecule has 1 aromatic rings. The van der Waals surface area contributed by atoms with Crippen LogP contribution in [0.4, 0.5) is 5.69 Å². The number of carbonyl (C=O) groups is 2. The maximum Gasteiger partial charge on any atom is 0.331 e. The summed E-state index contributed by atoms with van der Waals surface area (Å²) in [5, 5.41) is 3.16. The molecule has 1 rings (SSSR count). The van der Waals surface area contributed by atoms with E-state index in [0.717, 1.165) is 0 Å². The van der Waals surface area contributed by atoms with E-state index >= 15 is 0 Å². The molecular formula is C14H14ClNO3. The lowest BCUT2D eigenvalue weighted by atomic mass is 10.3. The van der Waals surface area contributed by atoms with Gasteiger partial charge in [0.15, 0.2) is 6.61 Å². The van der Waals surface area contributed by atoms with Crippen LogP contribution in [0.5, 0.6) is 0 Å². The number of carbonyl (C=O) groups excluding carboxylic acids is 2. The maximum absolute atomic E-state index is 11.5. The van der Waals surface area contributed by atoms with Crippen LogP contribution in [-0.4, -0.2) is 18.5 Å². The highest BCUT2D eigenvalue weighted by atomic mass is 35.5. The second-order valence-electron chi connectivity index (χ2n) is 3.55. The minimum atomic E-state index is -0.565. The molecule has 1 aromatic carbocycles. The van der Waals surface area contributed by atoms with Crippen LogP contribution in [0.15, 0.2) is 48.6 Å². The van der Waals surface area contributed by atoms with E-state index in [1.807, 2.05) is 6.92 Å². The SMILES string of the molecule is CC=CC=CC(=O)OCC(=O)Nc1ccc(Cl)cc1. The highest BCUT2D eigenvalue weighted by molar-refractivity contribution is 6.30. The summed E-state index contributed by atoms with van der Waals surface area (Å²) >= 11 is 5.72. The molecule has 0 saturated carbocycles. The monoisotopic (exact) mass is 279 g/mol. The van der Waals surface area contributed by atoms with E-state index in [1.54, 1.807) is 42.5 Å². The number of halogens is 1. The van der Waals surface area contributed by atoms with Gasteiger partial charge in [-0.1, -0.05) is 29.8 Å². The summed E-state index contributed by atoms with van der Waals surface area (Å²) in [6.45, 7) is 1.50. The first-order valence-electron chi connectivity index (χ1n) is 5.63. The van der Waals surface area contributed by atoms with Crippen molar-refractivity contribution in [2.24, 2.45) is 0 Å². The van der Waals surface area contributed by atoms with Crippen molar-refractivity contribution in [3.63, 3.8) is 0 Å². The van der Waals surface area contributed by atoms with Crippen LogP contribution >= 0.6 is 11.6 Å². The fourth-order valence-corrected chi connectivity index (χ4v) is 1.29. The molecule has 4 nitrogen and oxygen atoms in total. The quantitative estimate of drug-likeness (QED) is 0.512. The molecule has 0 aliphatic heterocycles. The lowest BCUT2D eigenvalue weighted by molar-refractivity contribution is -0.142. The third-order valence-electron chi connectivity index (χ3n) is 2.01. The van der Waals surface area contributed by atoms with Crippen molar-refractivity contribution in [1.29, 1.82) is 0 Å². The smallest absolute Gasteiger partial charge is 0.331 e. The van der Waals surface area contributed by atoms with Gasteiger partial charge < -0.3 is 10.1 Å². The Hall–Kier alpha value is -2.07. The predicted octanol–water partition coefficient (Wildman–Crippen LogP) is 2.95. The molecule has 5 heteroatoms.